The molecule has 0 saturated carbocycles. The Morgan fingerprint density at radius 1 is 1.35 bits per heavy atom. The second kappa shape index (κ2) is 4.86. The predicted octanol–water partition coefficient (Wildman–Crippen LogP) is 3.72. The van der Waals surface area contributed by atoms with Crippen LogP contribution in [0.5, 0.6) is 5.75 Å². The van der Waals surface area contributed by atoms with E-state index in [1.165, 1.54) is 4.88 Å². The van der Waals surface area contributed by atoms with Gasteiger partial charge in [0, 0.05) is 18.0 Å². The fourth-order valence-corrected chi connectivity index (χ4v) is 3.69. The zero-order chi connectivity index (χ0) is 14.3. The van der Waals surface area contributed by atoms with E-state index in [1.54, 1.807) is 11.3 Å². The number of nitrogens with zero attached hydrogens (tertiary/aromatic N) is 1. The van der Waals surface area contributed by atoms with Crippen molar-refractivity contribution in [1.82, 2.24) is 4.98 Å². The third-order valence-corrected chi connectivity index (χ3v) is 5.07. The highest BCUT2D eigenvalue weighted by Crippen LogP contribution is 2.47. The van der Waals surface area contributed by atoms with E-state index >= 15 is 0 Å². The van der Waals surface area contributed by atoms with Crippen molar-refractivity contribution in [3.05, 3.63) is 34.2 Å². The molecule has 1 atom stereocenters. The summed E-state index contributed by atoms with van der Waals surface area (Å²) in [6, 6.07) is 8.30. The maximum absolute atomic E-state index is 6.13. The molecule has 4 heteroatoms. The van der Waals surface area contributed by atoms with Crippen molar-refractivity contribution in [2.75, 3.05) is 0 Å². The molecule has 2 heterocycles. The van der Waals surface area contributed by atoms with E-state index in [0.717, 1.165) is 34.9 Å². The Hall–Kier alpha value is -1.39. The highest BCUT2D eigenvalue weighted by atomic mass is 32.1. The number of aromatic nitrogens is 1. The monoisotopic (exact) mass is 288 g/mol. The average Bonchev–Trinajstić information content (AvgIpc) is 2.83. The SMILES string of the molecule is CCC(N)Cc1nc2c(s1)C(C)(C)Oc1ccccc1-2. The van der Waals surface area contributed by atoms with Crippen molar-refractivity contribution in [1.29, 1.82) is 0 Å². The molecule has 20 heavy (non-hydrogen) atoms. The Morgan fingerprint density at radius 3 is 2.85 bits per heavy atom. The molecule has 1 unspecified atom stereocenters. The molecule has 0 aliphatic carbocycles. The molecule has 0 radical (unpaired) electrons. The predicted molar refractivity (Wildman–Crippen MR) is 83.2 cm³/mol. The van der Waals surface area contributed by atoms with Gasteiger partial charge in [-0.2, -0.15) is 0 Å². The Kier molecular flexibility index (Phi) is 3.30. The first-order valence-electron chi connectivity index (χ1n) is 7.05. The number of ether oxygens (including phenoxy) is 1. The van der Waals surface area contributed by atoms with Crippen LogP contribution in [0.3, 0.4) is 0 Å². The van der Waals surface area contributed by atoms with Gasteiger partial charge in [0.05, 0.1) is 15.6 Å². The molecule has 0 amide bonds. The largest absolute Gasteiger partial charge is 0.482 e. The Balaban J connectivity index is 2.08. The van der Waals surface area contributed by atoms with Crippen LogP contribution in [0.25, 0.3) is 11.3 Å². The van der Waals surface area contributed by atoms with Crippen molar-refractivity contribution in [3.8, 4) is 17.0 Å². The number of benzene rings is 1. The highest BCUT2D eigenvalue weighted by molar-refractivity contribution is 7.12. The van der Waals surface area contributed by atoms with E-state index in [9.17, 15) is 0 Å². The number of para-hydroxylation sites is 1. The number of hydrogen-bond donors (Lipinski definition) is 1. The second-order valence-electron chi connectivity index (χ2n) is 5.77. The summed E-state index contributed by atoms with van der Waals surface area (Å²) < 4.78 is 6.13. The van der Waals surface area contributed by atoms with E-state index in [-0.39, 0.29) is 11.6 Å². The van der Waals surface area contributed by atoms with Crippen LogP contribution in [0.1, 0.15) is 37.1 Å². The molecule has 1 aromatic carbocycles. The third-order valence-electron chi connectivity index (χ3n) is 3.69. The van der Waals surface area contributed by atoms with Crippen LogP contribution in [-0.2, 0) is 12.0 Å². The molecule has 1 aliphatic heterocycles. The van der Waals surface area contributed by atoms with Gasteiger partial charge in [0.15, 0.2) is 0 Å². The Labute approximate surface area is 123 Å². The number of hydrogen-bond acceptors (Lipinski definition) is 4. The van der Waals surface area contributed by atoms with Crippen molar-refractivity contribution in [2.24, 2.45) is 5.73 Å². The minimum Gasteiger partial charge on any atom is -0.482 e. The molecule has 2 aromatic rings. The van der Waals surface area contributed by atoms with E-state index in [2.05, 4.69) is 26.8 Å². The van der Waals surface area contributed by atoms with Gasteiger partial charge in [-0.05, 0) is 32.4 Å². The average molecular weight is 288 g/mol. The molecular formula is C16H20N2OS. The molecule has 106 valence electrons. The summed E-state index contributed by atoms with van der Waals surface area (Å²) >= 11 is 1.73. The van der Waals surface area contributed by atoms with Gasteiger partial charge in [-0.25, -0.2) is 4.98 Å². The summed E-state index contributed by atoms with van der Waals surface area (Å²) in [5.41, 5.74) is 7.90. The summed E-state index contributed by atoms with van der Waals surface area (Å²) in [7, 11) is 0. The standard InChI is InChI=1S/C16H20N2OS/c1-4-10(17)9-13-18-14-11-7-5-6-8-12(11)19-16(2,3)15(14)20-13/h5-8,10H,4,9,17H2,1-3H3. The first kappa shape index (κ1) is 13.6. The molecule has 3 rings (SSSR count). The van der Waals surface area contributed by atoms with Crippen molar-refractivity contribution < 1.29 is 4.74 Å². The van der Waals surface area contributed by atoms with Crippen molar-refractivity contribution >= 4 is 11.3 Å². The van der Waals surface area contributed by atoms with Crippen molar-refractivity contribution in [3.63, 3.8) is 0 Å². The third kappa shape index (κ3) is 2.23. The lowest BCUT2D eigenvalue weighted by Crippen LogP contribution is -2.27. The van der Waals surface area contributed by atoms with Gasteiger partial charge >= 0.3 is 0 Å². The van der Waals surface area contributed by atoms with E-state index in [4.69, 9.17) is 15.5 Å². The Morgan fingerprint density at radius 2 is 2.10 bits per heavy atom. The molecule has 0 fully saturated rings. The molecule has 0 spiro atoms. The van der Waals surface area contributed by atoms with E-state index in [1.807, 2.05) is 18.2 Å². The van der Waals surface area contributed by atoms with Gasteiger partial charge in [-0.1, -0.05) is 19.1 Å². The van der Waals surface area contributed by atoms with Crippen LogP contribution in [-0.4, -0.2) is 11.0 Å². The fraction of sp³-hybridized carbons (Fsp3) is 0.438. The first-order valence-corrected chi connectivity index (χ1v) is 7.87. The quantitative estimate of drug-likeness (QED) is 0.936. The maximum Gasteiger partial charge on any atom is 0.140 e. The molecule has 3 nitrogen and oxygen atoms in total. The van der Waals surface area contributed by atoms with Gasteiger partial charge in [0.1, 0.15) is 11.4 Å². The number of nitrogens with two attached hydrogens (primary N) is 1. The first-order chi connectivity index (χ1) is 9.51. The minimum absolute atomic E-state index is 0.182. The van der Waals surface area contributed by atoms with E-state index < -0.39 is 0 Å². The highest BCUT2D eigenvalue weighted by Gasteiger charge is 2.35. The lowest BCUT2D eigenvalue weighted by atomic mass is 9.97. The fourth-order valence-electron chi connectivity index (χ4n) is 2.48. The Bertz CT molecular complexity index is 633. The summed E-state index contributed by atoms with van der Waals surface area (Å²) in [6.45, 7) is 6.31. The number of rotatable bonds is 3. The van der Waals surface area contributed by atoms with Crippen LogP contribution >= 0.6 is 11.3 Å². The number of thiazole rings is 1. The maximum atomic E-state index is 6.13. The molecule has 1 aromatic heterocycles. The topological polar surface area (TPSA) is 48.1 Å². The van der Waals surface area contributed by atoms with Gasteiger partial charge in [-0.3, -0.25) is 0 Å². The van der Waals surface area contributed by atoms with Crippen LogP contribution in [0.15, 0.2) is 24.3 Å². The zero-order valence-corrected chi connectivity index (χ0v) is 13.0. The van der Waals surface area contributed by atoms with Gasteiger partial charge in [0.2, 0.25) is 0 Å². The molecule has 0 saturated heterocycles. The smallest absolute Gasteiger partial charge is 0.140 e. The van der Waals surface area contributed by atoms with E-state index in [0.29, 0.717) is 0 Å². The lowest BCUT2D eigenvalue weighted by Gasteiger charge is -2.31. The van der Waals surface area contributed by atoms with Crippen molar-refractivity contribution in [2.45, 2.75) is 45.3 Å². The van der Waals surface area contributed by atoms with Crippen LogP contribution < -0.4 is 10.5 Å². The molecular weight excluding hydrogens is 268 g/mol. The normalized spacial score (nSPS) is 17.0. The zero-order valence-electron chi connectivity index (χ0n) is 12.1. The molecule has 1 aliphatic rings. The van der Waals surface area contributed by atoms with Crippen LogP contribution in [0.4, 0.5) is 0 Å². The summed E-state index contributed by atoms with van der Waals surface area (Å²) in [6.07, 6.45) is 1.81. The lowest BCUT2D eigenvalue weighted by molar-refractivity contribution is 0.109. The summed E-state index contributed by atoms with van der Waals surface area (Å²) in [4.78, 5) is 6.04. The summed E-state index contributed by atoms with van der Waals surface area (Å²) in [5, 5.41) is 1.11. The van der Waals surface area contributed by atoms with Gasteiger partial charge < -0.3 is 10.5 Å². The van der Waals surface area contributed by atoms with Crippen LogP contribution in [0.2, 0.25) is 0 Å². The molecule has 0 bridgehead atoms. The second-order valence-corrected chi connectivity index (χ2v) is 6.85. The van der Waals surface area contributed by atoms with Crippen LogP contribution in [0, 0.1) is 0 Å². The minimum atomic E-state index is -0.323. The van der Waals surface area contributed by atoms with Gasteiger partial charge in [-0.15, -0.1) is 11.3 Å². The van der Waals surface area contributed by atoms with Gasteiger partial charge in [0.25, 0.3) is 0 Å². The summed E-state index contributed by atoms with van der Waals surface area (Å²) in [5.74, 6) is 0.918. The molecule has 2 N–H and O–H groups in total. The number of fused-ring (bicyclic) bond motifs is 3.